The lowest BCUT2D eigenvalue weighted by Gasteiger charge is -2.20. The second-order valence-electron chi connectivity index (χ2n) is 7.56. The maximum atomic E-state index is 13.1. The molecule has 3 N–H and O–H groups in total. The van der Waals surface area contributed by atoms with Crippen LogP contribution in [0.15, 0.2) is 48.5 Å². The summed E-state index contributed by atoms with van der Waals surface area (Å²) in [5, 5.41) is 19.9. The SMILES string of the molecule is CCn1c([C@H](CCCCC(=N)CF)NC(=O)c2ccccc2C(=O)O)nc2ccccc21. The van der Waals surface area contributed by atoms with Crippen LogP contribution in [0.25, 0.3) is 11.0 Å². The van der Waals surface area contributed by atoms with Crippen LogP contribution in [-0.2, 0) is 6.54 Å². The molecule has 1 heterocycles. The summed E-state index contributed by atoms with van der Waals surface area (Å²) < 4.78 is 14.6. The van der Waals surface area contributed by atoms with E-state index in [2.05, 4.69) is 5.32 Å². The zero-order chi connectivity index (χ0) is 23.1. The Hall–Kier alpha value is -3.55. The first-order valence-electron chi connectivity index (χ1n) is 10.7. The number of aromatic carboxylic acids is 1. The van der Waals surface area contributed by atoms with Crippen LogP contribution in [0.1, 0.15) is 65.2 Å². The van der Waals surface area contributed by atoms with Gasteiger partial charge in [-0.1, -0.05) is 30.7 Å². The topological polar surface area (TPSA) is 108 Å². The number of rotatable bonds is 11. The molecule has 3 aromatic rings. The summed E-state index contributed by atoms with van der Waals surface area (Å²) in [5.41, 5.74) is 1.84. The van der Waals surface area contributed by atoms with Crippen LogP contribution >= 0.6 is 0 Å². The van der Waals surface area contributed by atoms with Gasteiger partial charge < -0.3 is 20.4 Å². The van der Waals surface area contributed by atoms with E-state index in [4.69, 9.17) is 10.4 Å². The summed E-state index contributed by atoms with van der Waals surface area (Å²) in [5.74, 6) is -0.965. The van der Waals surface area contributed by atoms with Gasteiger partial charge in [-0.15, -0.1) is 0 Å². The van der Waals surface area contributed by atoms with Crippen LogP contribution in [0.4, 0.5) is 4.39 Å². The van der Waals surface area contributed by atoms with Crippen molar-refractivity contribution < 1.29 is 19.1 Å². The zero-order valence-electron chi connectivity index (χ0n) is 18.0. The van der Waals surface area contributed by atoms with Gasteiger partial charge in [0.25, 0.3) is 5.91 Å². The summed E-state index contributed by atoms with van der Waals surface area (Å²) in [6.07, 6.45) is 2.17. The second-order valence-corrected chi connectivity index (χ2v) is 7.56. The van der Waals surface area contributed by atoms with Crippen molar-refractivity contribution in [3.63, 3.8) is 0 Å². The van der Waals surface area contributed by atoms with Gasteiger partial charge in [-0.05, 0) is 50.5 Å². The van der Waals surface area contributed by atoms with Crippen LogP contribution < -0.4 is 5.32 Å². The van der Waals surface area contributed by atoms with Crippen molar-refractivity contribution in [1.29, 1.82) is 5.41 Å². The van der Waals surface area contributed by atoms with E-state index < -0.39 is 24.6 Å². The summed E-state index contributed by atoms with van der Waals surface area (Å²) in [7, 11) is 0. The van der Waals surface area contributed by atoms with Gasteiger partial charge >= 0.3 is 5.97 Å². The molecule has 1 aromatic heterocycles. The first-order valence-corrected chi connectivity index (χ1v) is 10.7. The number of benzene rings is 2. The van der Waals surface area contributed by atoms with Crippen LogP contribution in [0.2, 0.25) is 0 Å². The Morgan fingerprint density at radius 2 is 1.81 bits per heavy atom. The number of carbonyl (C=O) groups is 2. The first kappa shape index (κ1) is 23.1. The Bertz CT molecular complexity index is 1130. The predicted molar refractivity (Wildman–Crippen MR) is 121 cm³/mol. The molecule has 0 radical (unpaired) electrons. The number of halogens is 1. The minimum Gasteiger partial charge on any atom is -0.478 e. The van der Waals surface area contributed by atoms with Gasteiger partial charge in [0.1, 0.15) is 12.5 Å². The average molecular weight is 439 g/mol. The van der Waals surface area contributed by atoms with Crippen molar-refractivity contribution in [2.24, 2.45) is 0 Å². The standard InChI is InChI=1S/C24H27FN4O3/c1-2-29-21-14-8-7-12-19(21)27-22(29)20(13-6-3-9-16(26)15-25)28-23(30)17-10-4-5-11-18(17)24(31)32/h4-5,7-8,10-12,14,20,26H,2-3,6,9,13,15H2,1H3,(H,28,30)(H,31,32)/t20-/m0/s1. The highest BCUT2D eigenvalue weighted by molar-refractivity contribution is 6.04. The van der Waals surface area contributed by atoms with E-state index in [1.54, 1.807) is 12.1 Å². The highest BCUT2D eigenvalue weighted by Gasteiger charge is 2.24. The molecule has 0 spiro atoms. The number of hydrogen-bond donors (Lipinski definition) is 3. The Labute approximate surface area is 185 Å². The molecule has 0 aliphatic carbocycles. The molecular formula is C24H27FN4O3. The van der Waals surface area contributed by atoms with E-state index in [-0.39, 0.29) is 16.8 Å². The highest BCUT2D eigenvalue weighted by atomic mass is 19.1. The maximum absolute atomic E-state index is 13.1. The van der Waals surface area contributed by atoms with E-state index in [9.17, 15) is 19.1 Å². The van der Waals surface area contributed by atoms with Gasteiger partial charge in [0.15, 0.2) is 0 Å². The van der Waals surface area contributed by atoms with Gasteiger partial charge in [0.05, 0.1) is 28.2 Å². The molecule has 3 rings (SSSR count). The fraction of sp³-hybridized carbons (Fsp3) is 0.333. The van der Waals surface area contributed by atoms with Gasteiger partial charge in [0.2, 0.25) is 0 Å². The van der Waals surface area contributed by atoms with Crippen molar-refractivity contribution in [2.45, 2.75) is 45.2 Å². The summed E-state index contributed by atoms with van der Waals surface area (Å²) in [4.78, 5) is 29.4. The number of imidazole rings is 1. The third-order valence-electron chi connectivity index (χ3n) is 5.40. The van der Waals surface area contributed by atoms with Crippen LogP contribution in [-0.4, -0.2) is 38.9 Å². The van der Waals surface area contributed by atoms with Crippen molar-refractivity contribution in [2.75, 3.05) is 6.67 Å². The van der Waals surface area contributed by atoms with Gasteiger partial charge in [-0.25, -0.2) is 14.2 Å². The molecule has 0 fully saturated rings. The maximum Gasteiger partial charge on any atom is 0.336 e. The first-order chi connectivity index (χ1) is 15.5. The van der Waals surface area contributed by atoms with Crippen molar-refractivity contribution in [3.05, 3.63) is 65.5 Å². The number of carboxylic acid groups (broad SMARTS) is 1. The minimum atomic E-state index is -1.17. The molecule has 8 heteroatoms. The Balaban J connectivity index is 1.90. The van der Waals surface area contributed by atoms with Crippen molar-refractivity contribution in [3.8, 4) is 0 Å². The minimum absolute atomic E-state index is 0.0572. The quantitative estimate of drug-likeness (QED) is 0.296. The molecule has 0 saturated carbocycles. The predicted octanol–water partition coefficient (Wildman–Crippen LogP) is 4.78. The number of nitrogens with one attached hydrogen (secondary N) is 2. The van der Waals surface area contributed by atoms with E-state index in [0.29, 0.717) is 38.1 Å². The van der Waals surface area contributed by atoms with E-state index >= 15 is 0 Å². The molecule has 0 unspecified atom stereocenters. The second kappa shape index (κ2) is 10.7. The van der Waals surface area contributed by atoms with Crippen LogP contribution in [0.3, 0.4) is 0 Å². The molecule has 1 amide bonds. The van der Waals surface area contributed by atoms with E-state index in [1.165, 1.54) is 12.1 Å². The number of hydrogen-bond acceptors (Lipinski definition) is 4. The summed E-state index contributed by atoms with van der Waals surface area (Å²) in [6.45, 7) is 1.90. The molecular weight excluding hydrogens is 411 g/mol. The number of carbonyl (C=O) groups excluding carboxylic acids is 1. The fourth-order valence-corrected chi connectivity index (χ4v) is 3.82. The third-order valence-corrected chi connectivity index (χ3v) is 5.40. The van der Waals surface area contributed by atoms with E-state index in [0.717, 1.165) is 11.0 Å². The van der Waals surface area contributed by atoms with Crippen molar-refractivity contribution >= 4 is 28.6 Å². The van der Waals surface area contributed by atoms with Crippen LogP contribution in [0.5, 0.6) is 0 Å². The number of carboxylic acids is 1. The molecule has 7 nitrogen and oxygen atoms in total. The van der Waals surface area contributed by atoms with Gasteiger partial charge in [-0.3, -0.25) is 4.79 Å². The molecule has 168 valence electrons. The summed E-state index contributed by atoms with van der Waals surface area (Å²) in [6, 6.07) is 13.3. The lowest BCUT2D eigenvalue weighted by molar-refractivity contribution is 0.0690. The number of aryl methyl sites for hydroxylation is 1. The van der Waals surface area contributed by atoms with Crippen LogP contribution in [0, 0.1) is 5.41 Å². The van der Waals surface area contributed by atoms with Crippen molar-refractivity contribution in [1.82, 2.24) is 14.9 Å². The smallest absolute Gasteiger partial charge is 0.336 e. The number of nitrogens with zero attached hydrogens (tertiary/aromatic N) is 2. The third kappa shape index (κ3) is 5.19. The number of alkyl halides is 1. The molecule has 0 aliphatic rings. The molecule has 2 aromatic carbocycles. The lowest BCUT2D eigenvalue weighted by atomic mass is 10.0. The molecule has 1 atom stereocenters. The zero-order valence-corrected chi connectivity index (χ0v) is 18.0. The number of amides is 1. The molecule has 0 bridgehead atoms. The monoisotopic (exact) mass is 438 g/mol. The molecule has 0 aliphatic heterocycles. The molecule has 0 saturated heterocycles. The number of para-hydroxylation sites is 2. The van der Waals surface area contributed by atoms with Gasteiger partial charge in [0, 0.05) is 12.3 Å². The Morgan fingerprint density at radius 3 is 2.50 bits per heavy atom. The average Bonchev–Trinajstić information content (AvgIpc) is 3.19. The Kier molecular flexibility index (Phi) is 7.70. The highest BCUT2D eigenvalue weighted by Crippen LogP contribution is 2.25. The Morgan fingerprint density at radius 1 is 1.12 bits per heavy atom. The van der Waals surface area contributed by atoms with E-state index in [1.807, 2.05) is 35.8 Å². The largest absolute Gasteiger partial charge is 0.478 e. The normalized spacial score (nSPS) is 11.9. The molecule has 32 heavy (non-hydrogen) atoms. The number of unbranched alkanes of at least 4 members (excludes halogenated alkanes) is 1. The van der Waals surface area contributed by atoms with Gasteiger partial charge in [-0.2, -0.15) is 0 Å². The fourth-order valence-electron chi connectivity index (χ4n) is 3.82. The number of aromatic nitrogens is 2. The number of fused-ring (bicyclic) bond motifs is 1. The summed E-state index contributed by atoms with van der Waals surface area (Å²) >= 11 is 0. The lowest BCUT2D eigenvalue weighted by Crippen LogP contribution is -2.31.